The molecule has 3 aromatic carbocycles. The molecule has 0 unspecified atom stereocenters. The number of aliphatic hydroxyl groups excluding tert-OH is 3. The molecule has 0 amide bonds. The molecule has 0 aromatic heterocycles. The second-order valence-electron chi connectivity index (χ2n) is 7.14. The summed E-state index contributed by atoms with van der Waals surface area (Å²) in [5, 5.41) is 29.8. The van der Waals surface area contributed by atoms with Crippen LogP contribution in [0.1, 0.15) is 16.7 Å². The van der Waals surface area contributed by atoms with Crippen molar-refractivity contribution in [1.29, 1.82) is 0 Å². The first-order valence-electron chi connectivity index (χ1n) is 9.63. The van der Waals surface area contributed by atoms with Crippen molar-refractivity contribution in [3.05, 3.63) is 108 Å². The zero-order valence-corrected chi connectivity index (χ0v) is 15.8. The lowest BCUT2D eigenvalue weighted by Gasteiger charge is -2.37. The fraction of sp³-hybridized carbons (Fsp3) is 0.250. The monoisotopic (exact) mass is 392 g/mol. The number of hydrogen-bond donors (Lipinski definition) is 3. The van der Waals surface area contributed by atoms with Crippen LogP contribution in [0, 0.1) is 0 Å². The van der Waals surface area contributed by atoms with Gasteiger partial charge >= 0.3 is 0 Å². The molecule has 1 aliphatic rings. The maximum absolute atomic E-state index is 10.2. The standard InChI is InChI=1S/C24H24O5/c25-21-20(29-23(27)22(21)26)16-28-24(17-10-4-1-5-11-17,18-12-6-2-7-13-18)19-14-8-3-9-15-19/h1-15,20-23,25-27H,16H2/t20-,21+,22-,23+/m1/s1. The van der Waals surface area contributed by atoms with Crippen LogP contribution in [-0.2, 0) is 15.1 Å². The number of ether oxygens (including phenoxy) is 2. The van der Waals surface area contributed by atoms with Gasteiger partial charge in [-0.25, -0.2) is 0 Å². The summed E-state index contributed by atoms with van der Waals surface area (Å²) in [7, 11) is 0. The molecule has 0 bridgehead atoms. The van der Waals surface area contributed by atoms with E-state index in [0.29, 0.717) is 0 Å². The molecule has 0 aliphatic carbocycles. The lowest BCUT2D eigenvalue weighted by atomic mass is 9.80. The smallest absolute Gasteiger partial charge is 0.184 e. The van der Waals surface area contributed by atoms with Gasteiger partial charge in [0.15, 0.2) is 6.29 Å². The summed E-state index contributed by atoms with van der Waals surface area (Å²) in [6.07, 6.45) is -4.87. The largest absolute Gasteiger partial charge is 0.387 e. The molecule has 0 spiro atoms. The Bertz CT molecular complexity index is 804. The minimum Gasteiger partial charge on any atom is -0.387 e. The van der Waals surface area contributed by atoms with Crippen LogP contribution in [0.3, 0.4) is 0 Å². The van der Waals surface area contributed by atoms with Gasteiger partial charge in [0, 0.05) is 0 Å². The third-order valence-corrected chi connectivity index (χ3v) is 5.34. The molecule has 5 heteroatoms. The first kappa shape index (κ1) is 19.8. The first-order chi connectivity index (χ1) is 14.1. The van der Waals surface area contributed by atoms with Crippen LogP contribution in [0.2, 0.25) is 0 Å². The molecule has 0 radical (unpaired) electrons. The molecule has 1 saturated heterocycles. The molecular formula is C24H24O5. The van der Waals surface area contributed by atoms with E-state index in [1.165, 1.54) is 0 Å². The highest BCUT2D eigenvalue weighted by Crippen LogP contribution is 2.41. The van der Waals surface area contributed by atoms with E-state index in [2.05, 4.69) is 0 Å². The summed E-state index contributed by atoms with van der Waals surface area (Å²) in [4.78, 5) is 0. The zero-order valence-electron chi connectivity index (χ0n) is 15.8. The molecule has 4 atom stereocenters. The van der Waals surface area contributed by atoms with Gasteiger partial charge in [0.2, 0.25) is 0 Å². The zero-order chi connectivity index (χ0) is 20.3. The van der Waals surface area contributed by atoms with Crippen molar-refractivity contribution in [2.75, 3.05) is 6.61 Å². The van der Waals surface area contributed by atoms with Crippen LogP contribution in [0.15, 0.2) is 91.0 Å². The Labute approximate surface area is 169 Å². The van der Waals surface area contributed by atoms with Crippen LogP contribution in [0.4, 0.5) is 0 Å². The SMILES string of the molecule is O[C@@H]1[C@@H](O)[C@@H](COC(c2ccccc2)(c2ccccc2)c2ccccc2)O[C@@H]1O. The van der Waals surface area contributed by atoms with Crippen molar-refractivity contribution >= 4 is 0 Å². The van der Waals surface area contributed by atoms with Crippen molar-refractivity contribution in [3.63, 3.8) is 0 Å². The lowest BCUT2D eigenvalue weighted by molar-refractivity contribution is -0.145. The minimum atomic E-state index is -1.43. The van der Waals surface area contributed by atoms with Crippen molar-refractivity contribution in [3.8, 4) is 0 Å². The van der Waals surface area contributed by atoms with Gasteiger partial charge in [-0.2, -0.15) is 0 Å². The second kappa shape index (κ2) is 8.45. The van der Waals surface area contributed by atoms with Crippen LogP contribution < -0.4 is 0 Å². The fourth-order valence-electron chi connectivity index (χ4n) is 3.84. The van der Waals surface area contributed by atoms with Crippen LogP contribution in [0.5, 0.6) is 0 Å². The normalized spacial score (nSPS) is 24.5. The van der Waals surface area contributed by atoms with Gasteiger partial charge in [0.1, 0.15) is 23.9 Å². The Kier molecular flexibility index (Phi) is 5.76. The van der Waals surface area contributed by atoms with Crippen molar-refractivity contribution < 1.29 is 24.8 Å². The first-order valence-corrected chi connectivity index (χ1v) is 9.63. The van der Waals surface area contributed by atoms with E-state index in [9.17, 15) is 15.3 Å². The van der Waals surface area contributed by atoms with Gasteiger partial charge in [-0.1, -0.05) is 91.0 Å². The summed E-state index contributed by atoms with van der Waals surface area (Å²) in [5.41, 5.74) is 1.81. The quantitative estimate of drug-likeness (QED) is 0.562. The van der Waals surface area contributed by atoms with Gasteiger partial charge in [-0.05, 0) is 16.7 Å². The third kappa shape index (κ3) is 3.71. The summed E-state index contributed by atoms with van der Waals surface area (Å²) < 4.78 is 11.9. The van der Waals surface area contributed by atoms with E-state index in [-0.39, 0.29) is 6.61 Å². The summed E-state index contributed by atoms with van der Waals surface area (Å²) >= 11 is 0. The van der Waals surface area contributed by atoms with Crippen molar-refractivity contribution in [2.24, 2.45) is 0 Å². The molecule has 150 valence electrons. The lowest BCUT2D eigenvalue weighted by Crippen LogP contribution is -2.39. The predicted molar refractivity (Wildman–Crippen MR) is 108 cm³/mol. The van der Waals surface area contributed by atoms with Crippen LogP contribution in [0.25, 0.3) is 0 Å². The number of hydrogen-bond acceptors (Lipinski definition) is 5. The fourth-order valence-corrected chi connectivity index (χ4v) is 3.84. The Morgan fingerprint density at radius 2 is 1.07 bits per heavy atom. The van der Waals surface area contributed by atoms with E-state index >= 15 is 0 Å². The Hall–Kier alpha value is -2.54. The molecule has 1 fully saturated rings. The number of rotatable bonds is 6. The van der Waals surface area contributed by atoms with Crippen molar-refractivity contribution in [2.45, 2.75) is 30.2 Å². The molecule has 1 heterocycles. The average molecular weight is 392 g/mol. The van der Waals surface area contributed by atoms with Gasteiger partial charge in [-0.15, -0.1) is 0 Å². The molecule has 29 heavy (non-hydrogen) atoms. The average Bonchev–Trinajstić information content (AvgIpc) is 3.03. The maximum Gasteiger partial charge on any atom is 0.184 e. The van der Waals surface area contributed by atoms with Gasteiger partial charge in [-0.3, -0.25) is 0 Å². The Morgan fingerprint density at radius 1 is 0.655 bits per heavy atom. The van der Waals surface area contributed by atoms with E-state index < -0.39 is 30.2 Å². The van der Waals surface area contributed by atoms with Gasteiger partial charge in [0.05, 0.1) is 6.61 Å². The molecule has 1 aliphatic heterocycles. The van der Waals surface area contributed by atoms with Crippen LogP contribution >= 0.6 is 0 Å². The summed E-state index contributed by atoms with van der Waals surface area (Å²) in [5.74, 6) is 0. The van der Waals surface area contributed by atoms with E-state index in [1.54, 1.807) is 0 Å². The second-order valence-corrected chi connectivity index (χ2v) is 7.14. The third-order valence-electron chi connectivity index (χ3n) is 5.34. The van der Waals surface area contributed by atoms with E-state index in [0.717, 1.165) is 16.7 Å². The number of benzene rings is 3. The topological polar surface area (TPSA) is 79.2 Å². The highest BCUT2D eigenvalue weighted by molar-refractivity contribution is 5.47. The van der Waals surface area contributed by atoms with Gasteiger partial charge < -0.3 is 24.8 Å². The molecule has 0 saturated carbocycles. The van der Waals surface area contributed by atoms with Gasteiger partial charge in [0.25, 0.3) is 0 Å². The van der Waals surface area contributed by atoms with E-state index in [4.69, 9.17) is 9.47 Å². The Morgan fingerprint density at radius 3 is 1.41 bits per heavy atom. The maximum atomic E-state index is 10.2. The van der Waals surface area contributed by atoms with Crippen molar-refractivity contribution in [1.82, 2.24) is 0 Å². The highest BCUT2D eigenvalue weighted by Gasteiger charge is 2.44. The molecule has 3 N–H and O–H groups in total. The predicted octanol–water partition coefficient (Wildman–Crippen LogP) is 2.43. The van der Waals surface area contributed by atoms with E-state index in [1.807, 2.05) is 91.0 Å². The summed E-state index contributed by atoms with van der Waals surface area (Å²) in [6, 6.07) is 29.5. The molecule has 4 rings (SSSR count). The molecule has 3 aromatic rings. The highest BCUT2D eigenvalue weighted by atomic mass is 16.7. The number of aliphatic hydroxyl groups is 3. The minimum absolute atomic E-state index is 0.0199. The summed E-state index contributed by atoms with van der Waals surface area (Å²) in [6.45, 7) is -0.0199. The molecule has 5 nitrogen and oxygen atoms in total. The van der Waals surface area contributed by atoms with Crippen LogP contribution in [-0.4, -0.2) is 46.5 Å². The molecular weight excluding hydrogens is 368 g/mol. The Balaban J connectivity index is 1.80.